The molecular formula is C17H15ClN4O2S. The van der Waals surface area contributed by atoms with Crippen LogP contribution < -0.4 is 4.74 Å². The number of halogens is 1. The van der Waals surface area contributed by atoms with Gasteiger partial charge in [0.1, 0.15) is 18.1 Å². The zero-order chi connectivity index (χ0) is 17.6. The number of hydrogen-bond acceptors (Lipinski definition) is 6. The van der Waals surface area contributed by atoms with Gasteiger partial charge in [-0.05, 0) is 43.3 Å². The second kappa shape index (κ2) is 8.10. The Morgan fingerprint density at radius 3 is 2.80 bits per heavy atom. The molecule has 0 spiro atoms. The normalized spacial score (nSPS) is 11.9. The Morgan fingerprint density at radius 2 is 2.12 bits per heavy atom. The summed E-state index contributed by atoms with van der Waals surface area (Å²) in [6, 6.07) is 13.0. The number of hydrogen-bond donors (Lipinski definition) is 0. The van der Waals surface area contributed by atoms with E-state index in [0.29, 0.717) is 28.3 Å². The molecule has 1 aromatic carbocycles. The number of ether oxygens (including phenoxy) is 1. The first-order valence-corrected chi connectivity index (χ1v) is 8.80. The van der Waals surface area contributed by atoms with Gasteiger partial charge in [-0.3, -0.25) is 4.57 Å². The molecule has 0 fully saturated rings. The molecule has 1 atom stereocenters. The Bertz CT molecular complexity index is 856. The summed E-state index contributed by atoms with van der Waals surface area (Å²) >= 11 is 7.23. The highest BCUT2D eigenvalue weighted by atomic mass is 35.5. The van der Waals surface area contributed by atoms with Gasteiger partial charge in [-0.25, -0.2) is 0 Å². The van der Waals surface area contributed by atoms with E-state index in [0.717, 1.165) is 5.76 Å². The van der Waals surface area contributed by atoms with E-state index in [-0.39, 0.29) is 11.9 Å². The van der Waals surface area contributed by atoms with Crippen LogP contribution in [0.1, 0.15) is 18.5 Å². The second-order valence-electron chi connectivity index (χ2n) is 5.20. The third-order valence-electron chi connectivity index (χ3n) is 3.33. The summed E-state index contributed by atoms with van der Waals surface area (Å²) in [5.74, 6) is 2.12. The van der Waals surface area contributed by atoms with E-state index in [1.165, 1.54) is 11.8 Å². The number of furan rings is 1. The number of nitrogens with zero attached hydrogens (tertiary/aromatic N) is 4. The average molecular weight is 375 g/mol. The maximum Gasteiger partial charge on any atom is 0.193 e. The van der Waals surface area contributed by atoms with Gasteiger partial charge >= 0.3 is 0 Å². The van der Waals surface area contributed by atoms with Gasteiger partial charge in [-0.15, -0.1) is 10.2 Å². The van der Waals surface area contributed by atoms with Crippen molar-refractivity contribution in [1.29, 1.82) is 5.26 Å². The molecule has 128 valence electrons. The lowest BCUT2D eigenvalue weighted by Crippen LogP contribution is -2.10. The Kier molecular flexibility index (Phi) is 5.64. The summed E-state index contributed by atoms with van der Waals surface area (Å²) in [6.45, 7) is 2.54. The molecule has 0 N–H and O–H groups in total. The van der Waals surface area contributed by atoms with E-state index in [9.17, 15) is 0 Å². The summed E-state index contributed by atoms with van der Waals surface area (Å²) in [7, 11) is 0. The van der Waals surface area contributed by atoms with Crippen LogP contribution in [-0.2, 0) is 13.2 Å². The molecule has 25 heavy (non-hydrogen) atoms. The minimum absolute atomic E-state index is 0.232. The van der Waals surface area contributed by atoms with Gasteiger partial charge in [0.05, 0.1) is 24.1 Å². The molecule has 2 aromatic heterocycles. The molecular weight excluding hydrogens is 360 g/mol. The van der Waals surface area contributed by atoms with Crippen molar-refractivity contribution in [2.24, 2.45) is 0 Å². The number of nitriles is 1. The fraction of sp³-hybridized carbons (Fsp3) is 0.235. The van der Waals surface area contributed by atoms with Crippen molar-refractivity contribution < 1.29 is 9.15 Å². The van der Waals surface area contributed by atoms with Gasteiger partial charge in [0.2, 0.25) is 0 Å². The number of aromatic nitrogens is 3. The molecule has 8 heteroatoms. The van der Waals surface area contributed by atoms with Crippen LogP contribution in [0.4, 0.5) is 0 Å². The van der Waals surface area contributed by atoms with Crippen molar-refractivity contribution >= 4 is 23.4 Å². The molecule has 6 nitrogen and oxygen atoms in total. The minimum Gasteiger partial charge on any atom is -0.486 e. The maximum absolute atomic E-state index is 9.04. The Balaban J connectivity index is 1.79. The van der Waals surface area contributed by atoms with Gasteiger partial charge in [-0.2, -0.15) is 5.26 Å². The molecule has 3 rings (SSSR count). The van der Waals surface area contributed by atoms with Gasteiger partial charge in [0.15, 0.2) is 11.0 Å². The van der Waals surface area contributed by atoms with Crippen molar-refractivity contribution in [3.8, 4) is 11.8 Å². The van der Waals surface area contributed by atoms with Gasteiger partial charge in [0.25, 0.3) is 0 Å². The molecule has 0 aliphatic heterocycles. The van der Waals surface area contributed by atoms with E-state index in [1.54, 1.807) is 30.5 Å². The summed E-state index contributed by atoms with van der Waals surface area (Å²) in [5.41, 5.74) is 0. The van der Waals surface area contributed by atoms with Crippen molar-refractivity contribution in [3.05, 3.63) is 59.3 Å². The molecule has 0 bridgehead atoms. The van der Waals surface area contributed by atoms with Gasteiger partial charge < -0.3 is 9.15 Å². The van der Waals surface area contributed by atoms with E-state index in [1.807, 2.05) is 23.6 Å². The van der Waals surface area contributed by atoms with Crippen molar-refractivity contribution in [1.82, 2.24) is 14.8 Å². The molecule has 2 heterocycles. The molecule has 0 radical (unpaired) electrons. The standard InChI is InChI=1S/C17H15ClN4O2S/c1-12(9-19)25-17-21-20-16(22(17)10-15-3-2-8-23-15)11-24-14-6-4-13(18)5-7-14/h2-8,12H,10-11H2,1H3/t12-/m1/s1. The minimum atomic E-state index is -0.232. The van der Waals surface area contributed by atoms with Gasteiger partial charge in [-0.1, -0.05) is 23.4 Å². The van der Waals surface area contributed by atoms with Crippen LogP contribution in [-0.4, -0.2) is 20.0 Å². The van der Waals surface area contributed by atoms with Crippen LogP contribution in [0.3, 0.4) is 0 Å². The first kappa shape index (κ1) is 17.4. The number of thioether (sulfide) groups is 1. The largest absolute Gasteiger partial charge is 0.486 e. The summed E-state index contributed by atoms with van der Waals surface area (Å²) in [5, 5.41) is 18.5. The lowest BCUT2D eigenvalue weighted by molar-refractivity contribution is 0.287. The highest BCUT2D eigenvalue weighted by Crippen LogP contribution is 2.24. The van der Waals surface area contributed by atoms with Crippen LogP contribution in [0.5, 0.6) is 5.75 Å². The van der Waals surface area contributed by atoms with Crippen molar-refractivity contribution in [2.45, 2.75) is 30.5 Å². The smallest absolute Gasteiger partial charge is 0.193 e. The van der Waals surface area contributed by atoms with Crippen molar-refractivity contribution in [3.63, 3.8) is 0 Å². The third-order valence-corrected chi connectivity index (χ3v) is 4.56. The van der Waals surface area contributed by atoms with E-state index in [4.69, 9.17) is 26.0 Å². The zero-order valence-corrected chi connectivity index (χ0v) is 15.0. The number of rotatable bonds is 7. The lowest BCUT2D eigenvalue weighted by Gasteiger charge is -2.10. The van der Waals surface area contributed by atoms with Crippen LogP contribution in [0.25, 0.3) is 0 Å². The van der Waals surface area contributed by atoms with E-state index >= 15 is 0 Å². The monoisotopic (exact) mass is 374 g/mol. The van der Waals surface area contributed by atoms with Crippen LogP contribution in [0.15, 0.2) is 52.2 Å². The molecule has 0 saturated carbocycles. The first-order chi connectivity index (χ1) is 12.2. The van der Waals surface area contributed by atoms with E-state index < -0.39 is 0 Å². The fourth-order valence-corrected chi connectivity index (χ4v) is 2.97. The second-order valence-corrected chi connectivity index (χ2v) is 6.94. The van der Waals surface area contributed by atoms with E-state index in [2.05, 4.69) is 16.3 Å². The zero-order valence-electron chi connectivity index (χ0n) is 13.4. The van der Waals surface area contributed by atoms with Crippen molar-refractivity contribution in [2.75, 3.05) is 0 Å². The Hall–Kier alpha value is -2.43. The average Bonchev–Trinajstić information content (AvgIpc) is 3.26. The highest BCUT2D eigenvalue weighted by Gasteiger charge is 2.17. The maximum atomic E-state index is 9.04. The highest BCUT2D eigenvalue weighted by molar-refractivity contribution is 8.00. The number of benzene rings is 1. The van der Waals surface area contributed by atoms with Crippen LogP contribution >= 0.6 is 23.4 Å². The predicted molar refractivity (Wildman–Crippen MR) is 94.5 cm³/mol. The first-order valence-electron chi connectivity index (χ1n) is 7.55. The third kappa shape index (κ3) is 4.56. The SMILES string of the molecule is C[C@H](C#N)Sc1nnc(COc2ccc(Cl)cc2)n1Cc1ccco1. The van der Waals surface area contributed by atoms with Crippen LogP contribution in [0, 0.1) is 11.3 Å². The Morgan fingerprint density at radius 1 is 1.32 bits per heavy atom. The predicted octanol–water partition coefficient (Wildman–Crippen LogP) is 4.16. The summed E-state index contributed by atoms with van der Waals surface area (Å²) < 4.78 is 13.1. The summed E-state index contributed by atoms with van der Waals surface area (Å²) in [6.07, 6.45) is 1.62. The Labute approximate surface area is 154 Å². The molecule has 0 amide bonds. The topological polar surface area (TPSA) is 76.9 Å². The van der Waals surface area contributed by atoms with Crippen LogP contribution in [0.2, 0.25) is 5.02 Å². The lowest BCUT2D eigenvalue weighted by atomic mass is 10.3. The quantitative estimate of drug-likeness (QED) is 0.578. The molecule has 0 unspecified atom stereocenters. The molecule has 0 aliphatic carbocycles. The summed E-state index contributed by atoms with van der Waals surface area (Å²) in [4.78, 5) is 0. The molecule has 3 aromatic rings. The molecule has 0 aliphatic rings. The molecule has 0 saturated heterocycles. The van der Waals surface area contributed by atoms with Gasteiger partial charge in [0, 0.05) is 5.02 Å². The fourth-order valence-electron chi connectivity index (χ4n) is 2.09.